The standard InChI is InChI=1S/C25H22F2N4O3S/c26-20-12-11-19(14-21(20)27)35(33,34)30-18-9-7-16(8-10-18)25(32)31-13-3-4-17(15-31)24-28-22-5-1-2-6-23(22)29-24/h1-2,5-12,14,17,30H,3-4,13,15H2,(H,28,29). The lowest BCUT2D eigenvalue weighted by atomic mass is 9.96. The van der Waals surface area contributed by atoms with Gasteiger partial charge in [0.25, 0.3) is 15.9 Å². The van der Waals surface area contributed by atoms with E-state index in [4.69, 9.17) is 0 Å². The van der Waals surface area contributed by atoms with Gasteiger partial charge in [0.1, 0.15) is 5.82 Å². The Morgan fingerprint density at radius 1 is 1.03 bits per heavy atom. The zero-order valence-electron chi connectivity index (χ0n) is 18.5. The molecule has 1 saturated heterocycles. The molecule has 4 aromatic rings. The minimum Gasteiger partial charge on any atom is -0.342 e. The Balaban J connectivity index is 1.28. The zero-order valence-corrected chi connectivity index (χ0v) is 19.4. The van der Waals surface area contributed by atoms with Crippen LogP contribution in [0.4, 0.5) is 14.5 Å². The Hall–Kier alpha value is -3.79. The number of rotatable bonds is 5. The third kappa shape index (κ3) is 4.74. The summed E-state index contributed by atoms with van der Waals surface area (Å²) in [6, 6.07) is 16.2. The van der Waals surface area contributed by atoms with Gasteiger partial charge in [0.15, 0.2) is 11.6 Å². The topological polar surface area (TPSA) is 95.2 Å². The largest absolute Gasteiger partial charge is 0.342 e. The summed E-state index contributed by atoms with van der Waals surface area (Å²) in [5.41, 5.74) is 2.48. The number of carbonyl (C=O) groups excluding carboxylic acids is 1. The number of nitrogens with zero attached hydrogens (tertiary/aromatic N) is 2. The summed E-state index contributed by atoms with van der Waals surface area (Å²) in [5.74, 6) is -1.57. The molecule has 3 aromatic carbocycles. The summed E-state index contributed by atoms with van der Waals surface area (Å²) in [7, 11) is -4.12. The Bertz CT molecular complexity index is 1470. The monoisotopic (exact) mass is 496 g/mol. The van der Waals surface area contributed by atoms with E-state index in [1.165, 1.54) is 24.3 Å². The second-order valence-electron chi connectivity index (χ2n) is 8.49. The number of likely N-dealkylation sites (tertiary alicyclic amines) is 1. The number of aromatic nitrogens is 2. The number of para-hydroxylation sites is 2. The number of halogens is 2. The number of carbonyl (C=O) groups is 1. The first-order valence-corrected chi connectivity index (χ1v) is 12.6. The maximum absolute atomic E-state index is 13.4. The Kier molecular flexibility index (Phi) is 5.98. The van der Waals surface area contributed by atoms with Gasteiger partial charge in [0.2, 0.25) is 0 Å². The quantitative estimate of drug-likeness (QED) is 0.420. The minimum atomic E-state index is -4.12. The highest BCUT2D eigenvalue weighted by atomic mass is 32.2. The number of hydrogen-bond acceptors (Lipinski definition) is 4. The van der Waals surface area contributed by atoms with Crippen molar-refractivity contribution in [3.05, 3.63) is 89.8 Å². The molecule has 0 bridgehead atoms. The summed E-state index contributed by atoms with van der Waals surface area (Å²) in [5, 5.41) is 0. The highest BCUT2D eigenvalue weighted by molar-refractivity contribution is 7.92. The summed E-state index contributed by atoms with van der Waals surface area (Å²) in [6.07, 6.45) is 1.77. The molecule has 1 unspecified atom stereocenters. The molecular formula is C25H22F2N4O3S. The fourth-order valence-electron chi connectivity index (χ4n) is 4.27. The number of amides is 1. The molecule has 2 N–H and O–H groups in total. The molecule has 1 aliphatic rings. The van der Waals surface area contributed by atoms with Gasteiger partial charge in [0.05, 0.1) is 15.9 Å². The number of sulfonamides is 1. The number of benzene rings is 3. The van der Waals surface area contributed by atoms with Crippen molar-refractivity contribution < 1.29 is 22.0 Å². The minimum absolute atomic E-state index is 0.0993. The van der Waals surface area contributed by atoms with Crippen LogP contribution in [0.3, 0.4) is 0 Å². The SMILES string of the molecule is O=C(c1ccc(NS(=O)(=O)c2ccc(F)c(F)c2)cc1)N1CCCC(c2nc3ccccc3[nH]2)C1. The highest BCUT2D eigenvalue weighted by Crippen LogP contribution is 2.28. The molecule has 2 heterocycles. The number of piperidine rings is 1. The van der Waals surface area contributed by atoms with Crippen LogP contribution < -0.4 is 4.72 Å². The highest BCUT2D eigenvalue weighted by Gasteiger charge is 2.27. The average molecular weight is 497 g/mol. The van der Waals surface area contributed by atoms with Crippen LogP contribution in [0.15, 0.2) is 71.6 Å². The fraction of sp³-hybridized carbons (Fsp3) is 0.200. The van der Waals surface area contributed by atoms with Crippen LogP contribution in [-0.2, 0) is 10.0 Å². The van der Waals surface area contributed by atoms with Crippen LogP contribution in [0.25, 0.3) is 11.0 Å². The van der Waals surface area contributed by atoms with Crippen molar-refractivity contribution in [1.29, 1.82) is 0 Å². The van der Waals surface area contributed by atoms with Gasteiger partial charge in [-0.05, 0) is 67.4 Å². The van der Waals surface area contributed by atoms with Crippen LogP contribution in [0.5, 0.6) is 0 Å². The van der Waals surface area contributed by atoms with Crippen molar-refractivity contribution in [1.82, 2.24) is 14.9 Å². The van der Waals surface area contributed by atoms with Crippen molar-refractivity contribution in [3.8, 4) is 0 Å². The number of nitrogens with one attached hydrogen (secondary N) is 2. The van der Waals surface area contributed by atoms with Gasteiger partial charge < -0.3 is 9.88 Å². The number of hydrogen-bond donors (Lipinski definition) is 2. The predicted octanol–water partition coefficient (Wildman–Crippen LogP) is 4.66. The first kappa shape index (κ1) is 23.0. The van der Waals surface area contributed by atoms with Crippen molar-refractivity contribution in [2.24, 2.45) is 0 Å². The Morgan fingerprint density at radius 3 is 2.54 bits per heavy atom. The summed E-state index contributed by atoms with van der Waals surface area (Å²) in [4.78, 5) is 22.5. The number of anilines is 1. The number of aromatic amines is 1. The normalized spacial score (nSPS) is 16.4. The maximum Gasteiger partial charge on any atom is 0.261 e. The molecular weight excluding hydrogens is 474 g/mol. The molecule has 0 aliphatic carbocycles. The van der Waals surface area contributed by atoms with Crippen molar-refractivity contribution in [2.45, 2.75) is 23.7 Å². The van der Waals surface area contributed by atoms with Crippen LogP contribution >= 0.6 is 0 Å². The van der Waals surface area contributed by atoms with Crippen molar-refractivity contribution in [3.63, 3.8) is 0 Å². The van der Waals surface area contributed by atoms with Gasteiger partial charge in [-0.2, -0.15) is 0 Å². The Morgan fingerprint density at radius 2 is 1.80 bits per heavy atom. The molecule has 180 valence electrons. The molecule has 10 heteroatoms. The molecule has 5 rings (SSSR count). The fourth-order valence-corrected chi connectivity index (χ4v) is 5.34. The predicted molar refractivity (Wildman–Crippen MR) is 128 cm³/mol. The molecule has 1 amide bonds. The van der Waals surface area contributed by atoms with E-state index in [2.05, 4.69) is 14.7 Å². The lowest BCUT2D eigenvalue weighted by molar-refractivity contribution is 0.0705. The molecule has 1 fully saturated rings. The molecule has 0 spiro atoms. The molecule has 0 radical (unpaired) electrons. The Labute approximate surface area is 200 Å². The van der Waals surface area contributed by atoms with Crippen LogP contribution in [0.2, 0.25) is 0 Å². The first-order chi connectivity index (χ1) is 16.8. The van der Waals surface area contributed by atoms with Crippen LogP contribution in [-0.4, -0.2) is 42.3 Å². The lowest BCUT2D eigenvalue weighted by Crippen LogP contribution is -2.39. The average Bonchev–Trinajstić information content (AvgIpc) is 3.30. The molecule has 7 nitrogen and oxygen atoms in total. The van der Waals surface area contributed by atoms with Crippen molar-refractivity contribution >= 4 is 32.7 Å². The number of H-pyrrole nitrogens is 1. The van der Waals surface area contributed by atoms with Crippen molar-refractivity contribution in [2.75, 3.05) is 17.8 Å². The second-order valence-corrected chi connectivity index (χ2v) is 10.2. The van der Waals surface area contributed by atoms with Gasteiger partial charge in [-0.25, -0.2) is 22.2 Å². The van der Waals surface area contributed by atoms with E-state index < -0.39 is 26.6 Å². The van der Waals surface area contributed by atoms with E-state index in [0.29, 0.717) is 24.7 Å². The maximum atomic E-state index is 13.4. The second kappa shape index (κ2) is 9.10. The van der Waals surface area contributed by atoms with Gasteiger partial charge in [0, 0.05) is 30.3 Å². The molecule has 35 heavy (non-hydrogen) atoms. The molecule has 1 aromatic heterocycles. The summed E-state index contributed by atoms with van der Waals surface area (Å²) in [6.45, 7) is 1.16. The zero-order chi connectivity index (χ0) is 24.6. The van der Waals surface area contributed by atoms with Gasteiger partial charge >= 0.3 is 0 Å². The molecule has 0 saturated carbocycles. The number of imidazole rings is 1. The number of fused-ring (bicyclic) bond motifs is 1. The van der Waals surface area contributed by atoms with E-state index in [-0.39, 0.29) is 17.5 Å². The van der Waals surface area contributed by atoms with E-state index in [0.717, 1.165) is 41.8 Å². The summed E-state index contributed by atoms with van der Waals surface area (Å²) < 4.78 is 53.8. The first-order valence-electron chi connectivity index (χ1n) is 11.1. The third-order valence-electron chi connectivity index (χ3n) is 6.09. The third-order valence-corrected chi connectivity index (χ3v) is 7.47. The van der Waals surface area contributed by atoms with E-state index >= 15 is 0 Å². The van der Waals surface area contributed by atoms with E-state index in [1.54, 1.807) is 4.90 Å². The van der Waals surface area contributed by atoms with Gasteiger partial charge in [-0.15, -0.1) is 0 Å². The lowest BCUT2D eigenvalue weighted by Gasteiger charge is -2.32. The van der Waals surface area contributed by atoms with E-state index in [1.807, 2.05) is 24.3 Å². The van der Waals surface area contributed by atoms with Crippen LogP contribution in [0, 0.1) is 11.6 Å². The van der Waals surface area contributed by atoms with E-state index in [9.17, 15) is 22.0 Å². The van der Waals surface area contributed by atoms with Crippen LogP contribution in [0.1, 0.15) is 34.9 Å². The molecule has 1 aliphatic heterocycles. The van der Waals surface area contributed by atoms with Gasteiger partial charge in [-0.3, -0.25) is 9.52 Å². The molecule has 1 atom stereocenters. The smallest absolute Gasteiger partial charge is 0.261 e. The summed E-state index contributed by atoms with van der Waals surface area (Å²) >= 11 is 0. The van der Waals surface area contributed by atoms with Gasteiger partial charge in [-0.1, -0.05) is 12.1 Å².